The van der Waals surface area contributed by atoms with Crippen LogP contribution in [-0.4, -0.2) is 98.0 Å². The zero-order valence-electron chi connectivity index (χ0n) is 26.8. The number of unbranched alkanes of at least 4 members (excludes halogenated alkanes) is 2. The summed E-state index contributed by atoms with van der Waals surface area (Å²) >= 11 is 0. The van der Waals surface area contributed by atoms with Gasteiger partial charge in [-0.1, -0.05) is 50.1 Å². The highest BCUT2D eigenvalue weighted by atomic mass is 32.2. The lowest BCUT2D eigenvalue weighted by atomic mass is 10.0. The summed E-state index contributed by atoms with van der Waals surface area (Å²) in [5.74, 6) is -3.66. The van der Waals surface area contributed by atoms with Gasteiger partial charge in [0.25, 0.3) is 0 Å². The maximum atomic E-state index is 13.4. The Morgan fingerprint density at radius 2 is 1.61 bits per heavy atom. The van der Waals surface area contributed by atoms with Crippen molar-refractivity contribution in [2.45, 2.75) is 69.2 Å². The number of guanidine groups is 1. The van der Waals surface area contributed by atoms with E-state index in [4.69, 9.17) is 27.0 Å². The SMILES string of the molecule is CCCCCN(CCCOC)C(=O)C(CCC(=O)O)CS(=O)(=O)c1ccc2ccccc2c1.NC(N)=NCCCC(N)C(=O)O.O. The fourth-order valence-electron chi connectivity index (χ4n) is 4.48. The largest absolute Gasteiger partial charge is 0.481 e. The number of sulfone groups is 1. The highest BCUT2D eigenvalue weighted by Crippen LogP contribution is 2.24. The molecule has 0 fully saturated rings. The van der Waals surface area contributed by atoms with E-state index in [-0.39, 0.29) is 35.1 Å². The van der Waals surface area contributed by atoms with E-state index in [2.05, 4.69) is 11.9 Å². The van der Waals surface area contributed by atoms with Crippen molar-refractivity contribution in [3.05, 3.63) is 42.5 Å². The van der Waals surface area contributed by atoms with E-state index in [0.717, 1.165) is 30.0 Å². The van der Waals surface area contributed by atoms with Gasteiger partial charge in [0.05, 0.1) is 16.6 Å². The van der Waals surface area contributed by atoms with E-state index in [1.54, 1.807) is 30.2 Å². The third-order valence-corrected chi connectivity index (χ3v) is 8.77. The molecule has 2 aromatic rings. The van der Waals surface area contributed by atoms with Gasteiger partial charge in [0.15, 0.2) is 15.8 Å². The Kier molecular flexibility index (Phi) is 20.8. The van der Waals surface area contributed by atoms with Crippen LogP contribution in [0.3, 0.4) is 0 Å². The lowest BCUT2D eigenvalue weighted by Gasteiger charge is -2.27. The molecule has 2 aromatic carbocycles. The number of rotatable bonds is 20. The highest BCUT2D eigenvalue weighted by molar-refractivity contribution is 7.91. The molecule has 2 unspecified atom stereocenters. The Balaban J connectivity index is 0.00000132. The van der Waals surface area contributed by atoms with Crippen molar-refractivity contribution in [3.8, 4) is 0 Å². The van der Waals surface area contributed by atoms with Crippen molar-refractivity contribution in [2.24, 2.45) is 28.1 Å². The average molecular weight is 670 g/mol. The van der Waals surface area contributed by atoms with Crippen LogP contribution in [-0.2, 0) is 29.0 Å². The molecule has 0 radical (unpaired) electrons. The van der Waals surface area contributed by atoms with Gasteiger partial charge in [-0.05, 0) is 55.0 Å². The maximum Gasteiger partial charge on any atom is 0.320 e. The minimum Gasteiger partial charge on any atom is -0.481 e. The molecule has 10 N–H and O–H groups in total. The van der Waals surface area contributed by atoms with Crippen LogP contribution in [0.5, 0.6) is 0 Å². The minimum absolute atomic E-state index is 0. The number of aliphatic imine (C=N–C) groups is 1. The first kappa shape index (κ1) is 42.2. The molecule has 0 aliphatic carbocycles. The first-order valence-corrected chi connectivity index (χ1v) is 16.7. The van der Waals surface area contributed by atoms with Crippen LogP contribution in [0.25, 0.3) is 10.8 Å². The molecule has 0 heterocycles. The molecule has 0 bridgehead atoms. The van der Waals surface area contributed by atoms with Gasteiger partial charge in [-0.3, -0.25) is 19.4 Å². The van der Waals surface area contributed by atoms with Gasteiger partial charge < -0.3 is 42.5 Å². The van der Waals surface area contributed by atoms with E-state index < -0.39 is 39.5 Å². The number of fused-ring (bicyclic) bond motifs is 1. The molecule has 14 nitrogen and oxygen atoms in total. The number of nitrogens with zero attached hydrogens (tertiary/aromatic N) is 2. The van der Waals surface area contributed by atoms with E-state index in [9.17, 15) is 27.9 Å². The Morgan fingerprint density at radius 3 is 2.20 bits per heavy atom. The van der Waals surface area contributed by atoms with E-state index in [0.29, 0.717) is 45.5 Å². The maximum absolute atomic E-state index is 13.4. The molecule has 2 atom stereocenters. The van der Waals surface area contributed by atoms with Crippen molar-refractivity contribution < 1.29 is 43.2 Å². The van der Waals surface area contributed by atoms with E-state index in [1.165, 1.54) is 0 Å². The Labute approximate surface area is 271 Å². The molecule has 1 amide bonds. The number of hydrogen-bond acceptors (Lipinski definition) is 8. The summed E-state index contributed by atoms with van der Waals surface area (Å²) in [7, 11) is -2.20. The van der Waals surface area contributed by atoms with E-state index >= 15 is 0 Å². The predicted molar refractivity (Wildman–Crippen MR) is 178 cm³/mol. The van der Waals surface area contributed by atoms with Gasteiger partial charge in [-0.15, -0.1) is 0 Å². The Bertz CT molecular complexity index is 1340. The van der Waals surface area contributed by atoms with Gasteiger partial charge in [-0.2, -0.15) is 0 Å². The van der Waals surface area contributed by atoms with Crippen molar-refractivity contribution in [1.82, 2.24) is 4.90 Å². The number of aliphatic carboxylic acids is 2. The fraction of sp³-hybridized carbons (Fsp3) is 0.548. The molecular weight excluding hydrogens is 618 g/mol. The second-order valence-electron chi connectivity index (χ2n) is 10.7. The molecule has 0 saturated carbocycles. The van der Waals surface area contributed by atoms with Crippen LogP contribution in [0.2, 0.25) is 0 Å². The highest BCUT2D eigenvalue weighted by Gasteiger charge is 2.30. The number of carboxylic acid groups (broad SMARTS) is 2. The molecule has 0 aliphatic heterocycles. The van der Waals surface area contributed by atoms with Crippen LogP contribution in [0.15, 0.2) is 52.4 Å². The predicted octanol–water partition coefficient (Wildman–Crippen LogP) is 1.78. The number of carboxylic acids is 2. The van der Waals surface area contributed by atoms with Crippen molar-refractivity contribution in [1.29, 1.82) is 0 Å². The summed E-state index contributed by atoms with van der Waals surface area (Å²) in [6.45, 7) is 3.96. The second kappa shape index (κ2) is 22.7. The van der Waals surface area contributed by atoms with Gasteiger partial charge in [0.2, 0.25) is 5.91 Å². The second-order valence-corrected chi connectivity index (χ2v) is 12.7. The van der Waals surface area contributed by atoms with Gasteiger partial charge in [0.1, 0.15) is 6.04 Å². The average Bonchev–Trinajstić information content (AvgIpc) is 3.00. The molecular formula is C31H51N5O9S. The number of ether oxygens (including phenoxy) is 1. The lowest BCUT2D eigenvalue weighted by molar-refractivity contribution is -0.140. The Hall–Kier alpha value is -3.79. The summed E-state index contributed by atoms with van der Waals surface area (Å²) in [4.78, 5) is 40.3. The molecule has 260 valence electrons. The quantitative estimate of drug-likeness (QED) is 0.0770. The van der Waals surface area contributed by atoms with Crippen LogP contribution >= 0.6 is 0 Å². The van der Waals surface area contributed by atoms with Crippen LogP contribution in [0.4, 0.5) is 0 Å². The standard InChI is InChI=1S/C25H35NO6S.C6H14N4O2.H2O/c1-3-4-7-15-26(16-8-17-32-2)25(29)22(12-14-24(27)28)19-33(30,31)23-13-11-20-9-5-6-10-21(20)18-23;7-4(5(11)12)2-1-3-10-6(8)9;/h5-6,9-11,13,18,22H,3-4,7-8,12,14-17,19H2,1-2H3,(H,27,28);4H,1-3,7H2,(H,11,12)(H4,8,9,10);1H2. The molecule has 2 rings (SSSR count). The Morgan fingerprint density at radius 1 is 0.957 bits per heavy atom. The minimum atomic E-state index is -3.79. The van der Waals surface area contributed by atoms with Gasteiger partial charge in [0, 0.05) is 39.8 Å². The zero-order chi connectivity index (χ0) is 33.8. The smallest absolute Gasteiger partial charge is 0.320 e. The van der Waals surface area contributed by atoms with Crippen molar-refractivity contribution in [3.63, 3.8) is 0 Å². The van der Waals surface area contributed by atoms with Crippen LogP contribution < -0.4 is 17.2 Å². The molecule has 0 aromatic heterocycles. The summed E-state index contributed by atoms with van der Waals surface area (Å²) < 4.78 is 31.6. The number of nitrogens with two attached hydrogens (primary N) is 3. The monoisotopic (exact) mass is 669 g/mol. The van der Waals surface area contributed by atoms with Crippen molar-refractivity contribution in [2.75, 3.05) is 39.1 Å². The first-order valence-electron chi connectivity index (χ1n) is 15.1. The third-order valence-electron chi connectivity index (χ3n) is 6.96. The number of benzene rings is 2. The van der Waals surface area contributed by atoms with Gasteiger partial charge in [-0.25, -0.2) is 8.42 Å². The topological polar surface area (TPSA) is 260 Å². The number of carbonyl (C=O) groups excluding carboxylic acids is 1. The summed E-state index contributed by atoms with van der Waals surface area (Å²) in [5, 5.41) is 19.3. The number of methoxy groups -OCH3 is 1. The van der Waals surface area contributed by atoms with Crippen LogP contribution in [0.1, 0.15) is 58.3 Å². The van der Waals surface area contributed by atoms with Crippen LogP contribution in [0, 0.1) is 5.92 Å². The number of hydrogen-bond donors (Lipinski definition) is 5. The third kappa shape index (κ3) is 16.5. The fourth-order valence-corrected chi connectivity index (χ4v) is 6.10. The molecule has 15 heteroatoms. The molecule has 0 aliphatic rings. The summed E-state index contributed by atoms with van der Waals surface area (Å²) in [5.41, 5.74) is 15.3. The summed E-state index contributed by atoms with van der Waals surface area (Å²) in [6, 6.07) is 11.6. The molecule has 0 saturated heterocycles. The lowest BCUT2D eigenvalue weighted by Crippen LogP contribution is -2.40. The normalized spacial score (nSPS) is 12.2. The van der Waals surface area contributed by atoms with Crippen molar-refractivity contribution >= 4 is 44.4 Å². The zero-order valence-corrected chi connectivity index (χ0v) is 27.6. The summed E-state index contributed by atoms with van der Waals surface area (Å²) in [6.07, 6.45) is 4.09. The van der Waals surface area contributed by atoms with E-state index in [1.807, 2.05) is 24.3 Å². The first-order chi connectivity index (χ1) is 21.3. The molecule has 0 spiro atoms. The molecule has 46 heavy (non-hydrogen) atoms. The van der Waals surface area contributed by atoms with Gasteiger partial charge >= 0.3 is 11.9 Å². The number of carbonyl (C=O) groups is 3. The number of amides is 1.